The maximum atomic E-state index is 12.5. The lowest BCUT2D eigenvalue weighted by molar-refractivity contribution is 0.0526. The van der Waals surface area contributed by atoms with Gasteiger partial charge in [0, 0.05) is 10.4 Å². The summed E-state index contributed by atoms with van der Waals surface area (Å²) in [5, 5.41) is 7.22. The minimum atomic E-state index is -0.544. The van der Waals surface area contributed by atoms with Crippen LogP contribution in [0.3, 0.4) is 0 Å². The lowest BCUT2D eigenvalue weighted by Gasteiger charge is -2.12. The number of methoxy groups -OCH3 is 2. The van der Waals surface area contributed by atoms with Gasteiger partial charge in [-0.25, -0.2) is 15.0 Å². The Kier molecular flexibility index (Phi) is 7.29. The number of anilines is 1. The van der Waals surface area contributed by atoms with Gasteiger partial charge in [-0.05, 0) is 50.3 Å². The van der Waals surface area contributed by atoms with E-state index in [0.717, 1.165) is 36.1 Å². The number of ether oxygens (including phenoxy) is 3. The summed E-state index contributed by atoms with van der Waals surface area (Å²) < 4.78 is 15.8. The van der Waals surface area contributed by atoms with Crippen molar-refractivity contribution >= 4 is 34.6 Å². The Labute approximate surface area is 179 Å². The Morgan fingerprint density at radius 2 is 2.00 bits per heavy atom. The maximum Gasteiger partial charge on any atom is 0.341 e. The predicted molar refractivity (Wildman–Crippen MR) is 116 cm³/mol. The monoisotopic (exact) mass is 431 g/mol. The molecule has 160 valence electrons. The number of hydrazone groups is 1. The van der Waals surface area contributed by atoms with Crippen LogP contribution in [0, 0.1) is 0 Å². The van der Waals surface area contributed by atoms with Crippen molar-refractivity contribution in [2.75, 3.05) is 26.1 Å². The van der Waals surface area contributed by atoms with Gasteiger partial charge in [-0.3, -0.25) is 5.32 Å². The number of hydrogen-bond acceptors (Lipinski definition) is 7. The molecule has 0 aliphatic heterocycles. The number of fused-ring (bicyclic) bond motifs is 1. The highest BCUT2D eigenvalue weighted by atomic mass is 32.1. The topological polar surface area (TPSA) is 98.2 Å². The third-order valence-electron chi connectivity index (χ3n) is 4.68. The number of carbonyl (C=O) groups excluding carboxylic acids is 2. The average molecular weight is 432 g/mol. The second kappa shape index (κ2) is 10.1. The van der Waals surface area contributed by atoms with Crippen LogP contribution in [0.2, 0.25) is 0 Å². The molecule has 1 aliphatic carbocycles. The Bertz CT molecular complexity index is 954. The highest BCUT2D eigenvalue weighted by Crippen LogP contribution is 2.38. The second-order valence-electron chi connectivity index (χ2n) is 6.54. The van der Waals surface area contributed by atoms with Gasteiger partial charge in [-0.2, -0.15) is 5.10 Å². The molecule has 0 radical (unpaired) electrons. The summed E-state index contributed by atoms with van der Waals surface area (Å²) in [6, 6.07) is 4.81. The number of urea groups is 1. The number of amides is 2. The summed E-state index contributed by atoms with van der Waals surface area (Å²) >= 11 is 1.42. The largest absolute Gasteiger partial charge is 0.493 e. The molecule has 1 heterocycles. The van der Waals surface area contributed by atoms with Crippen molar-refractivity contribution in [2.45, 2.75) is 32.6 Å². The second-order valence-corrected chi connectivity index (χ2v) is 7.65. The first-order chi connectivity index (χ1) is 14.6. The third-order valence-corrected chi connectivity index (χ3v) is 5.89. The Hall–Kier alpha value is -3.07. The van der Waals surface area contributed by atoms with Crippen LogP contribution in [0.4, 0.5) is 9.80 Å². The van der Waals surface area contributed by atoms with Gasteiger partial charge < -0.3 is 14.2 Å². The fourth-order valence-electron chi connectivity index (χ4n) is 3.38. The first-order valence-corrected chi connectivity index (χ1v) is 10.5. The third kappa shape index (κ3) is 4.73. The number of esters is 1. The molecule has 1 aliphatic rings. The number of hydrogen-bond donors (Lipinski definition) is 2. The number of nitrogens with one attached hydrogen (secondary N) is 2. The van der Waals surface area contributed by atoms with E-state index < -0.39 is 12.0 Å². The minimum Gasteiger partial charge on any atom is -0.493 e. The minimum absolute atomic E-state index is 0.280. The highest BCUT2D eigenvalue weighted by molar-refractivity contribution is 7.17. The van der Waals surface area contributed by atoms with Crippen molar-refractivity contribution in [3.05, 3.63) is 39.8 Å². The fourth-order valence-corrected chi connectivity index (χ4v) is 4.65. The van der Waals surface area contributed by atoms with E-state index in [4.69, 9.17) is 14.2 Å². The smallest absolute Gasteiger partial charge is 0.341 e. The standard InChI is InChI=1S/C21H25N3O5S/c1-4-29-20(25)17-14-9-5-6-11-16(14)30-19(17)23-21(26)24-22-12-13-8-7-10-15(27-2)18(13)28-3/h7-8,10,12H,4-6,9,11H2,1-3H3,(H2,23,24,26)/b22-12+. The van der Waals surface area contributed by atoms with Crippen molar-refractivity contribution in [2.24, 2.45) is 5.10 Å². The molecule has 9 heteroatoms. The number of para-hydroxylation sites is 1. The first-order valence-electron chi connectivity index (χ1n) is 9.71. The van der Waals surface area contributed by atoms with Gasteiger partial charge in [-0.1, -0.05) is 6.07 Å². The summed E-state index contributed by atoms with van der Waals surface area (Å²) in [6.07, 6.45) is 5.29. The zero-order valence-corrected chi connectivity index (χ0v) is 18.1. The molecule has 2 aromatic rings. The molecule has 1 aromatic carbocycles. The fraction of sp³-hybridized carbons (Fsp3) is 0.381. The molecule has 0 saturated carbocycles. The van der Waals surface area contributed by atoms with E-state index in [1.54, 1.807) is 32.2 Å². The van der Waals surface area contributed by atoms with Crippen LogP contribution in [-0.4, -0.2) is 39.0 Å². The van der Waals surface area contributed by atoms with Crippen LogP contribution < -0.4 is 20.2 Å². The van der Waals surface area contributed by atoms with Gasteiger partial charge in [0.05, 0.1) is 32.6 Å². The zero-order chi connectivity index (χ0) is 21.5. The van der Waals surface area contributed by atoms with E-state index in [-0.39, 0.29) is 6.61 Å². The van der Waals surface area contributed by atoms with Crippen LogP contribution in [0.15, 0.2) is 23.3 Å². The van der Waals surface area contributed by atoms with E-state index in [0.29, 0.717) is 27.6 Å². The lowest BCUT2D eigenvalue weighted by atomic mass is 9.95. The van der Waals surface area contributed by atoms with Crippen molar-refractivity contribution in [3.8, 4) is 11.5 Å². The van der Waals surface area contributed by atoms with Gasteiger partial charge in [0.25, 0.3) is 0 Å². The van der Waals surface area contributed by atoms with E-state index >= 15 is 0 Å². The van der Waals surface area contributed by atoms with Crippen LogP contribution in [0.5, 0.6) is 11.5 Å². The van der Waals surface area contributed by atoms with Gasteiger partial charge in [0.1, 0.15) is 5.00 Å². The van der Waals surface area contributed by atoms with Gasteiger partial charge in [-0.15, -0.1) is 11.3 Å². The molecule has 0 saturated heterocycles. The molecule has 2 amide bonds. The summed E-state index contributed by atoms with van der Waals surface area (Å²) in [6.45, 7) is 2.04. The number of thiophene rings is 1. The quantitative estimate of drug-likeness (QED) is 0.393. The van der Waals surface area contributed by atoms with Gasteiger partial charge in [0.2, 0.25) is 0 Å². The van der Waals surface area contributed by atoms with E-state index in [2.05, 4.69) is 15.8 Å². The molecule has 1 aromatic heterocycles. The number of nitrogens with zero attached hydrogens (tertiary/aromatic N) is 1. The molecule has 0 unspecified atom stereocenters. The Balaban J connectivity index is 1.73. The number of aryl methyl sites for hydroxylation is 1. The Morgan fingerprint density at radius 1 is 1.20 bits per heavy atom. The van der Waals surface area contributed by atoms with Gasteiger partial charge >= 0.3 is 12.0 Å². The highest BCUT2D eigenvalue weighted by Gasteiger charge is 2.27. The van der Waals surface area contributed by atoms with Crippen molar-refractivity contribution in [3.63, 3.8) is 0 Å². The summed E-state index contributed by atoms with van der Waals surface area (Å²) in [7, 11) is 3.08. The average Bonchev–Trinajstić information content (AvgIpc) is 3.11. The van der Waals surface area contributed by atoms with E-state index in [9.17, 15) is 9.59 Å². The molecule has 3 rings (SSSR count). The molecule has 2 N–H and O–H groups in total. The van der Waals surface area contributed by atoms with Crippen LogP contribution >= 0.6 is 11.3 Å². The molecule has 0 fully saturated rings. The molecule has 0 spiro atoms. The van der Waals surface area contributed by atoms with Crippen molar-refractivity contribution in [1.29, 1.82) is 0 Å². The summed E-state index contributed by atoms with van der Waals surface area (Å²) in [5.74, 6) is 0.674. The summed E-state index contributed by atoms with van der Waals surface area (Å²) in [4.78, 5) is 26.0. The molecular formula is C21H25N3O5S. The first kappa shape index (κ1) is 21.6. The van der Waals surface area contributed by atoms with Crippen molar-refractivity contribution in [1.82, 2.24) is 5.43 Å². The Morgan fingerprint density at radius 3 is 2.73 bits per heavy atom. The van der Waals surface area contributed by atoms with Crippen LogP contribution in [-0.2, 0) is 17.6 Å². The number of carbonyl (C=O) groups is 2. The molecule has 0 bridgehead atoms. The molecule has 30 heavy (non-hydrogen) atoms. The normalized spacial score (nSPS) is 12.9. The van der Waals surface area contributed by atoms with Gasteiger partial charge in [0.15, 0.2) is 11.5 Å². The van der Waals surface area contributed by atoms with Crippen LogP contribution in [0.25, 0.3) is 0 Å². The molecule has 8 nitrogen and oxygen atoms in total. The maximum absolute atomic E-state index is 12.5. The SMILES string of the molecule is CCOC(=O)c1c(NC(=O)N/N=C/c2cccc(OC)c2OC)sc2c1CCCC2. The van der Waals surface area contributed by atoms with E-state index in [1.165, 1.54) is 24.7 Å². The van der Waals surface area contributed by atoms with Crippen molar-refractivity contribution < 1.29 is 23.8 Å². The van der Waals surface area contributed by atoms with Crippen LogP contribution in [0.1, 0.15) is 46.1 Å². The lowest BCUT2D eigenvalue weighted by Crippen LogP contribution is -2.25. The molecular weight excluding hydrogens is 406 g/mol. The predicted octanol–water partition coefficient (Wildman–Crippen LogP) is 3.98. The summed E-state index contributed by atoms with van der Waals surface area (Å²) in [5.41, 5.74) is 4.53. The number of rotatable bonds is 7. The van der Waals surface area contributed by atoms with E-state index in [1.807, 2.05) is 0 Å². The number of benzene rings is 1. The molecule has 0 atom stereocenters. The zero-order valence-electron chi connectivity index (χ0n) is 17.2.